The van der Waals surface area contributed by atoms with Crippen molar-refractivity contribution >= 4 is 34.9 Å². The predicted octanol–water partition coefficient (Wildman–Crippen LogP) is 7.81. The summed E-state index contributed by atoms with van der Waals surface area (Å²) in [7, 11) is 1.31. The Kier molecular flexibility index (Phi) is 13.7. The Labute approximate surface area is 399 Å². The van der Waals surface area contributed by atoms with E-state index < -0.39 is 24.3 Å². The van der Waals surface area contributed by atoms with Crippen LogP contribution in [0.1, 0.15) is 86.7 Å². The minimum Gasteiger partial charge on any atom is -0.453 e. The van der Waals surface area contributed by atoms with Crippen molar-refractivity contribution in [3.05, 3.63) is 115 Å². The number of likely N-dealkylation sites (tertiary alicyclic amines) is 2. The van der Waals surface area contributed by atoms with Crippen molar-refractivity contribution in [3.8, 4) is 33.6 Å². The van der Waals surface area contributed by atoms with Gasteiger partial charge in [0.25, 0.3) is 5.91 Å². The quantitative estimate of drug-likeness (QED) is 0.0931. The number of fused-ring (bicyclic) bond motifs is 1. The lowest BCUT2D eigenvalue weighted by atomic mass is 9.90. The summed E-state index contributed by atoms with van der Waals surface area (Å²) in [4.78, 5) is 78.7. The molecule has 4 aliphatic rings. The van der Waals surface area contributed by atoms with Crippen molar-refractivity contribution in [2.45, 2.75) is 81.6 Å². The molecule has 0 radical (unpaired) electrons. The first-order valence-corrected chi connectivity index (χ1v) is 24.0. The number of H-pyrrole nitrogens is 2. The van der Waals surface area contributed by atoms with E-state index in [0.717, 1.165) is 70.2 Å². The Hall–Kier alpha value is -7.11. The van der Waals surface area contributed by atoms with E-state index in [4.69, 9.17) is 33.9 Å². The number of aromatic amines is 2. The number of pyridine rings is 1. The number of aromatic nitrogens is 5. The molecule has 358 valence electrons. The minimum absolute atomic E-state index is 0.0408. The van der Waals surface area contributed by atoms with Gasteiger partial charge in [0.1, 0.15) is 29.8 Å². The van der Waals surface area contributed by atoms with Crippen molar-refractivity contribution in [2.24, 2.45) is 5.92 Å². The smallest absolute Gasteiger partial charge is 0.408 e. The van der Waals surface area contributed by atoms with E-state index in [0.29, 0.717) is 82.4 Å². The number of carbonyl (C=O) groups is 4. The summed E-state index contributed by atoms with van der Waals surface area (Å²) in [6, 6.07) is 23.7. The number of methoxy groups -OCH3 is 1. The third-order valence-corrected chi connectivity index (χ3v) is 14.0. The number of rotatable bonds is 12. The summed E-state index contributed by atoms with van der Waals surface area (Å²) in [5.41, 5.74) is 7.06. The van der Waals surface area contributed by atoms with Crippen LogP contribution in [0, 0.1) is 5.92 Å². The molecule has 4 atom stereocenters. The minimum atomic E-state index is -0.909. The molecule has 69 heavy (non-hydrogen) atoms. The number of nitrogens with one attached hydrogen (secondary N) is 4. The monoisotopic (exact) mass is 935 g/mol. The zero-order valence-electron chi connectivity index (χ0n) is 38.6. The summed E-state index contributed by atoms with van der Waals surface area (Å²) in [5, 5.41) is 6.66. The third-order valence-electron chi connectivity index (χ3n) is 14.0. The van der Waals surface area contributed by atoms with Crippen LogP contribution in [0.2, 0.25) is 0 Å². The second kappa shape index (κ2) is 20.6. The molecule has 3 aromatic heterocycles. The highest BCUT2D eigenvalue weighted by Crippen LogP contribution is 2.37. The number of carbonyl (C=O) groups excluding carboxylic acids is 4. The van der Waals surface area contributed by atoms with Gasteiger partial charge in [0.15, 0.2) is 0 Å². The van der Waals surface area contributed by atoms with Gasteiger partial charge in [0, 0.05) is 56.3 Å². The largest absolute Gasteiger partial charge is 0.453 e. The molecule has 17 heteroatoms. The normalized spacial score (nSPS) is 19.8. The van der Waals surface area contributed by atoms with Crippen LogP contribution < -0.4 is 10.6 Å². The maximum absolute atomic E-state index is 14.3. The number of ether oxygens (including phenoxy) is 4. The summed E-state index contributed by atoms with van der Waals surface area (Å²) >= 11 is 0. The zero-order valence-corrected chi connectivity index (χ0v) is 38.6. The van der Waals surface area contributed by atoms with Crippen molar-refractivity contribution in [2.75, 3.05) is 46.6 Å². The molecule has 4 saturated heterocycles. The SMILES string of the molecule is COC(=O)N[C@H](C(=O)N1CCC[C@H]1c1ncc(-c2cnc3cc(-c4ccc(-c5cnc([C@@H]6CCCN6C(=O)[C@H](NC(=O)OC6CCOCC6)c6ccccc6)[nH]5)cc4)ccc3c2)[nH]1)C1CCOCC1. The van der Waals surface area contributed by atoms with Gasteiger partial charge in [-0.1, -0.05) is 66.7 Å². The van der Waals surface area contributed by atoms with Crippen LogP contribution >= 0.6 is 0 Å². The fourth-order valence-corrected chi connectivity index (χ4v) is 10.2. The highest BCUT2D eigenvalue weighted by molar-refractivity contribution is 5.89. The van der Waals surface area contributed by atoms with Crippen molar-refractivity contribution in [3.63, 3.8) is 0 Å². The van der Waals surface area contributed by atoms with Crippen molar-refractivity contribution in [1.29, 1.82) is 0 Å². The van der Waals surface area contributed by atoms with Crippen LogP contribution in [0.15, 0.2) is 97.5 Å². The van der Waals surface area contributed by atoms with Gasteiger partial charge in [-0.3, -0.25) is 14.6 Å². The molecule has 10 rings (SSSR count). The number of hydrogen-bond acceptors (Lipinski definition) is 11. The Morgan fingerprint density at radius 3 is 1.91 bits per heavy atom. The summed E-state index contributed by atoms with van der Waals surface area (Å²) in [6.07, 6.45) is 9.70. The van der Waals surface area contributed by atoms with E-state index in [1.54, 1.807) is 6.20 Å². The molecule has 3 aromatic carbocycles. The number of hydrogen-bond donors (Lipinski definition) is 4. The van der Waals surface area contributed by atoms with E-state index in [2.05, 4.69) is 69.1 Å². The average Bonchev–Trinajstić information content (AvgIpc) is 4.26. The van der Waals surface area contributed by atoms with Crippen LogP contribution in [0.3, 0.4) is 0 Å². The van der Waals surface area contributed by atoms with Gasteiger partial charge in [0.05, 0.1) is 61.7 Å². The third kappa shape index (κ3) is 10.1. The number of imidazole rings is 2. The van der Waals surface area contributed by atoms with Crippen LogP contribution in [0.4, 0.5) is 9.59 Å². The Balaban J connectivity index is 0.797. The first-order valence-electron chi connectivity index (χ1n) is 24.0. The summed E-state index contributed by atoms with van der Waals surface area (Å²) in [5.74, 6) is 1.02. The first-order chi connectivity index (χ1) is 33.8. The van der Waals surface area contributed by atoms with Gasteiger partial charge in [-0.05, 0) is 78.8 Å². The lowest BCUT2D eigenvalue weighted by Crippen LogP contribution is -2.53. The van der Waals surface area contributed by atoms with Gasteiger partial charge < -0.3 is 49.3 Å². The number of benzene rings is 3. The summed E-state index contributed by atoms with van der Waals surface area (Å²) < 4.78 is 21.5. The standard InChI is InChI=1S/C52H57N9O8/c1-66-51(64)58-46(35-17-23-67-24-18-35)50(63)61-22-6-10-44(61)48-55-31-42(57-48)38-27-37-16-15-36(28-40(37)53-29-38)32-11-13-33(14-12-32)41-30-54-47(56-41)43-9-5-21-60(43)49(62)45(34-7-3-2-4-8-34)59-52(65)69-39-19-25-68-26-20-39/h2-4,7-8,11-16,27-31,35,39,43-46H,5-6,9-10,17-26H2,1H3,(H,54,56)(H,55,57)(H,58,64)(H,59,65)/t43-,44-,45+,46-/m0/s1. The number of alkyl carbamates (subject to hydrolysis) is 2. The fraction of sp³-hybridized carbons (Fsp3) is 0.404. The molecule has 0 spiro atoms. The molecular formula is C52H57N9O8. The van der Waals surface area contributed by atoms with Crippen molar-refractivity contribution in [1.82, 2.24) is 45.4 Å². The van der Waals surface area contributed by atoms with E-state index in [-0.39, 0.29) is 35.9 Å². The highest BCUT2D eigenvalue weighted by Gasteiger charge is 2.41. The van der Waals surface area contributed by atoms with Crippen LogP contribution in [0.25, 0.3) is 44.5 Å². The van der Waals surface area contributed by atoms with E-state index in [1.165, 1.54) is 7.11 Å². The number of amides is 4. The summed E-state index contributed by atoms with van der Waals surface area (Å²) in [6.45, 7) is 3.30. The molecule has 0 saturated carbocycles. The molecular weight excluding hydrogens is 879 g/mol. The second-order valence-electron chi connectivity index (χ2n) is 18.2. The lowest BCUT2D eigenvalue weighted by molar-refractivity contribution is -0.137. The van der Waals surface area contributed by atoms with Gasteiger partial charge in [-0.2, -0.15) is 0 Å². The van der Waals surface area contributed by atoms with Gasteiger partial charge in [-0.25, -0.2) is 19.6 Å². The zero-order chi connectivity index (χ0) is 47.3. The topological polar surface area (TPSA) is 206 Å². The van der Waals surface area contributed by atoms with Gasteiger partial charge >= 0.3 is 12.2 Å². The Morgan fingerprint density at radius 1 is 0.638 bits per heavy atom. The maximum atomic E-state index is 14.3. The first kappa shape index (κ1) is 45.7. The molecule has 0 unspecified atom stereocenters. The van der Waals surface area contributed by atoms with Gasteiger partial charge in [-0.15, -0.1) is 0 Å². The van der Waals surface area contributed by atoms with Crippen LogP contribution in [-0.4, -0.2) is 117 Å². The van der Waals surface area contributed by atoms with E-state index in [9.17, 15) is 19.2 Å². The molecule has 4 amide bonds. The maximum Gasteiger partial charge on any atom is 0.408 e. The predicted molar refractivity (Wildman–Crippen MR) is 255 cm³/mol. The number of nitrogens with zero attached hydrogens (tertiary/aromatic N) is 5. The molecule has 17 nitrogen and oxygen atoms in total. The molecule has 4 fully saturated rings. The highest BCUT2D eigenvalue weighted by atomic mass is 16.6. The molecule has 4 aliphatic heterocycles. The molecule has 6 aromatic rings. The van der Waals surface area contributed by atoms with Crippen LogP contribution in [0.5, 0.6) is 0 Å². The molecule has 4 N–H and O–H groups in total. The molecule has 0 bridgehead atoms. The molecule has 7 heterocycles. The second-order valence-corrected chi connectivity index (χ2v) is 18.2. The lowest BCUT2D eigenvalue weighted by Gasteiger charge is -2.34. The average molecular weight is 936 g/mol. The fourth-order valence-electron chi connectivity index (χ4n) is 10.2. The Bertz CT molecular complexity index is 2770. The van der Waals surface area contributed by atoms with E-state index >= 15 is 0 Å². The Morgan fingerprint density at radius 2 is 1.25 bits per heavy atom. The van der Waals surface area contributed by atoms with Crippen molar-refractivity contribution < 1.29 is 38.1 Å². The van der Waals surface area contributed by atoms with Crippen LogP contribution in [-0.2, 0) is 28.5 Å². The molecule has 0 aliphatic carbocycles. The van der Waals surface area contributed by atoms with Gasteiger partial charge in [0.2, 0.25) is 5.91 Å². The van der Waals surface area contributed by atoms with E-state index in [1.807, 2.05) is 52.5 Å².